The third-order valence-electron chi connectivity index (χ3n) is 2.78. The van der Waals surface area contributed by atoms with Crippen LogP contribution < -0.4 is 10.6 Å². The lowest BCUT2D eigenvalue weighted by atomic mass is 10.1. The number of amides is 1. The lowest BCUT2D eigenvalue weighted by Gasteiger charge is -2.13. The molecule has 2 aromatic heterocycles. The van der Waals surface area contributed by atoms with Gasteiger partial charge in [-0.15, -0.1) is 0 Å². The number of carbonyl (C=O) groups is 1. The molecule has 0 aliphatic rings. The topological polar surface area (TPSA) is 54.0 Å². The van der Waals surface area contributed by atoms with Gasteiger partial charge in [-0.25, -0.2) is 0 Å². The molecule has 100 valence electrons. The van der Waals surface area contributed by atoms with Crippen molar-refractivity contribution in [2.24, 2.45) is 0 Å². The second-order valence-corrected chi connectivity index (χ2v) is 5.17. The fourth-order valence-corrected chi connectivity index (χ4v) is 2.50. The molecule has 1 unspecified atom stereocenters. The van der Waals surface area contributed by atoms with Crippen LogP contribution in [0.3, 0.4) is 0 Å². The van der Waals surface area contributed by atoms with Gasteiger partial charge in [-0.2, -0.15) is 11.3 Å². The van der Waals surface area contributed by atoms with Gasteiger partial charge in [-0.1, -0.05) is 0 Å². The van der Waals surface area contributed by atoms with Crippen LogP contribution in [0.1, 0.15) is 23.0 Å². The molecule has 2 aromatic rings. The number of anilines is 1. The van der Waals surface area contributed by atoms with Crippen LogP contribution in [0, 0.1) is 0 Å². The predicted molar refractivity (Wildman–Crippen MR) is 78.7 cm³/mol. The lowest BCUT2D eigenvalue weighted by Crippen LogP contribution is -2.34. The zero-order valence-corrected chi connectivity index (χ0v) is 11.8. The van der Waals surface area contributed by atoms with Crippen LogP contribution in [-0.4, -0.2) is 24.0 Å². The van der Waals surface area contributed by atoms with E-state index in [9.17, 15) is 4.79 Å². The van der Waals surface area contributed by atoms with E-state index in [1.165, 1.54) is 5.56 Å². The van der Waals surface area contributed by atoms with Gasteiger partial charge in [0.15, 0.2) is 0 Å². The van der Waals surface area contributed by atoms with E-state index in [1.807, 2.05) is 25.4 Å². The largest absolute Gasteiger partial charge is 0.388 e. The van der Waals surface area contributed by atoms with Crippen molar-refractivity contribution >= 4 is 22.9 Å². The first kappa shape index (κ1) is 13.5. The van der Waals surface area contributed by atoms with Crippen molar-refractivity contribution in [2.45, 2.75) is 19.4 Å². The number of aromatic nitrogens is 1. The van der Waals surface area contributed by atoms with Crippen LogP contribution in [0.25, 0.3) is 0 Å². The summed E-state index contributed by atoms with van der Waals surface area (Å²) in [6, 6.07) is 5.73. The molecular weight excluding hydrogens is 258 g/mol. The third-order valence-corrected chi connectivity index (χ3v) is 3.51. The van der Waals surface area contributed by atoms with Crippen molar-refractivity contribution in [1.29, 1.82) is 0 Å². The van der Waals surface area contributed by atoms with Gasteiger partial charge in [-0.05, 0) is 47.9 Å². The first-order chi connectivity index (χ1) is 9.19. The van der Waals surface area contributed by atoms with Crippen LogP contribution in [0.4, 0.5) is 5.69 Å². The Morgan fingerprint density at radius 1 is 1.47 bits per heavy atom. The SMILES string of the molecule is CNc1ccnc(C(=O)NC(C)Cc2ccsc2)c1. The van der Waals surface area contributed by atoms with Gasteiger partial charge in [0, 0.05) is 25.0 Å². The predicted octanol–water partition coefficient (Wildman–Crippen LogP) is 2.55. The Balaban J connectivity index is 1.96. The smallest absolute Gasteiger partial charge is 0.270 e. The van der Waals surface area contributed by atoms with Crippen molar-refractivity contribution < 1.29 is 4.79 Å². The van der Waals surface area contributed by atoms with E-state index in [0.29, 0.717) is 5.69 Å². The average molecular weight is 275 g/mol. The summed E-state index contributed by atoms with van der Waals surface area (Å²) in [5.41, 5.74) is 2.56. The fourth-order valence-electron chi connectivity index (χ4n) is 1.82. The molecule has 4 nitrogen and oxygen atoms in total. The highest BCUT2D eigenvalue weighted by atomic mass is 32.1. The molecule has 0 radical (unpaired) electrons. The number of carbonyl (C=O) groups excluding carboxylic acids is 1. The highest BCUT2D eigenvalue weighted by Crippen LogP contribution is 2.10. The first-order valence-corrected chi connectivity index (χ1v) is 7.09. The van der Waals surface area contributed by atoms with Gasteiger partial charge in [0.05, 0.1) is 0 Å². The maximum absolute atomic E-state index is 12.1. The van der Waals surface area contributed by atoms with E-state index >= 15 is 0 Å². The molecule has 0 saturated heterocycles. The normalized spacial score (nSPS) is 11.9. The van der Waals surface area contributed by atoms with Crippen LogP contribution in [0.5, 0.6) is 0 Å². The van der Waals surface area contributed by atoms with Gasteiger partial charge in [-0.3, -0.25) is 9.78 Å². The minimum Gasteiger partial charge on any atom is -0.388 e. The molecule has 5 heteroatoms. The molecule has 0 aliphatic heterocycles. The molecule has 2 heterocycles. The highest BCUT2D eigenvalue weighted by molar-refractivity contribution is 7.07. The van der Waals surface area contributed by atoms with E-state index in [4.69, 9.17) is 0 Å². The average Bonchev–Trinajstić information content (AvgIpc) is 2.91. The van der Waals surface area contributed by atoms with E-state index in [-0.39, 0.29) is 11.9 Å². The summed E-state index contributed by atoms with van der Waals surface area (Å²) >= 11 is 1.67. The molecule has 0 aromatic carbocycles. The van der Waals surface area contributed by atoms with Gasteiger partial charge in [0.1, 0.15) is 5.69 Å². The van der Waals surface area contributed by atoms with Crippen molar-refractivity contribution in [2.75, 3.05) is 12.4 Å². The number of nitrogens with zero attached hydrogens (tertiary/aromatic N) is 1. The van der Waals surface area contributed by atoms with E-state index in [1.54, 1.807) is 23.6 Å². The quantitative estimate of drug-likeness (QED) is 0.881. The summed E-state index contributed by atoms with van der Waals surface area (Å²) in [6.45, 7) is 2.00. The van der Waals surface area contributed by atoms with Crippen molar-refractivity contribution in [3.05, 3.63) is 46.4 Å². The number of thiophene rings is 1. The molecule has 1 atom stereocenters. The van der Waals surface area contributed by atoms with Crippen LogP contribution in [-0.2, 0) is 6.42 Å². The molecule has 19 heavy (non-hydrogen) atoms. The summed E-state index contributed by atoms with van der Waals surface area (Å²) in [5, 5.41) is 10.1. The van der Waals surface area contributed by atoms with Crippen molar-refractivity contribution in [3.63, 3.8) is 0 Å². The summed E-state index contributed by atoms with van der Waals surface area (Å²) in [5.74, 6) is -0.139. The number of pyridine rings is 1. The minimum absolute atomic E-state index is 0.0853. The molecule has 0 spiro atoms. The molecule has 0 saturated carbocycles. The zero-order chi connectivity index (χ0) is 13.7. The molecule has 2 N–H and O–H groups in total. The molecule has 1 amide bonds. The Kier molecular flexibility index (Phi) is 4.52. The Hall–Kier alpha value is -1.88. The zero-order valence-electron chi connectivity index (χ0n) is 11.0. The highest BCUT2D eigenvalue weighted by Gasteiger charge is 2.12. The third kappa shape index (κ3) is 3.79. The van der Waals surface area contributed by atoms with Crippen molar-refractivity contribution in [1.82, 2.24) is 10.3 Å². The Labute approximate surface area is 116 Å². The van der Waals surface area contributed by atoms with Crippen LogP contribution in [0.2, 0.25) is 0 Å². The van der Waals surface area contributed by atoms with Crippen LogP contribution >= 0.6 is 11.3 Å². The summed E-state index contributed by atoms with van der Waals surface area (Å²) in [4.78, 5) is 16.1. The standard InChI is InChI=1S/C14H17N3OS/c1-10(7-11-4-6-19-9-11)17-14(18)13-8-12(15-2)3-5-16-13/h3-6,8-10H,7H2,1-2H3,(H,15,16)(H,17,18). The number of hydrogen-bond acceptors (Lipinski definition) is 4. The van der Waals surface area contributed by atoms with E-state index < -0.39 is 0 Å². The maximum Gasteiger partial charge on any atom is 0.270 e. The Morgan fingerprint density at radius 2 is 2.32 bits per heavy atom. The molecular formula is C14H17N3OS. The fraction of sp³-hybridized carbons (Fsp3) is 0.286. The first-order valence-electron chi connectivity index (χ1n) is 6.15. The number of nitrogens with one attached hydrogen (secondary N) is 2. The van der Waals surface area contributed by atoms with Gasteiger partial charge < -0.3 is 10.6 Å². The number of rotatable bonds is 5. The molecule has 0 bridgehead atoms. The Bertz CT molecular complexity index is 539. The molecule has 0 aliphatic carbocycles. The summed E-state index contributed by atoms with van der Waals surface area (Å²) in [6.07, 6.45) is 2.46. The van der Waals surface area contributed by atoms with Gasteiger partial charge >= 0.3 is 0 Å². The van der Waals surface area contributed by atoms with Gasteiger partial charge in [0.2, 0.25) is 0 Å². The lowest BCUT2D eigenvalue weighted by molar-refractivity contribution is 0.0935. The van der Waals surface area contributed by atoms with Crippen molar-refractivity contribution in [3.8, 4) is 0 Å². The Morgan fingerprint density at radius 3 is 3.00 bits per heavy atom. The maximum atomic E-state index is 12.1. The van der Waals surface area contributed by atoms with E-state index in [2.05, 4.69) is 27.1 Å². The van der Waals surface area contributed by atoms with Crippen LogP contribution in [0.15, 0.2) is 35.2 Å². The number of hydrogen-bond donors (Lipinski definition) is 2. The second kappa shape index (κ2) is 6.33. The van der Waals surface area contributed by atoms with E-state index in [0.717, 1.165) is 12.1 Å². The summed E-state index contributed by atoms with van der Waals surface area (Å²) < 4.78 is 0. The van der Waals surface area contributed by atoms with Gasteiger partial charge in [0.25, 0.3) is 5.91 Å². The minimum atomic E-state index is -0.139. The monoisotopic (exact) mass is 275 g/mol. The summed E-state index contributed by atoms with van der Waals surface area (Å²) in [7, 11) is 1.82. The molecule has 2 rings (SSSR count). The molecule has 0 fully saturated rings. The second-order valence-electron chi connectivity index (χ2n) is 4.39.